The zero-order valence-corrected chi connectivity index (χ0v) is 11.2. The molecule has 84 valence electrons. The van der Waals surface area contributed by atoms with Crippen molar-refractivity contribution in [3.8, 4) is 0 Å². The van der Waals surface area contributed by atoms with Crippen LogP contribution in [-0.4, -0.2) is 29.7 Å². The summed E-state index contributed by atoms with van der Waals surface area (Å²) in [4.78, 5) is 0. The van der Waals surface area contributed by atoms with Crippen LogP contribution < -0.4 is 5.73 Å². The highest BCUT2D eigenvalue weighted by atomic mass is 127. The van der Waals surface area contributed by atoms with Gasteiger partial charge >= 0.3 is 0 Å². The molecular weight excluding hydrogens is 329 g/mol. The average Bonchev–Trinajstić information content (AvgIpc) is 2.62. The molecule has 0 bridgehead atoms. The third-order valence-electron chi connectivity index (χ3n) is 2.60. The molecule has 0 aliphatic carbocycles. The summed E-state index contributed by atoms with van der Waals surface area (Å²) in [7, 11) is -2.88. The zero-order chi connectivity index (χ0) is 11.2. The van der Waals surface area contributed by atoms with Crippen LogP contribution in [-0.2, 0) is 9.84 Å². The Balaban J connectivity index is 2.36. The predicted molar refractivity (Wildman–Crippen MR) is 66.4 cm³/mol. The molecule has 1 aromatic rings. The van der Waals surface area contributed by atoms with E-state index in [0.717, 1.165) is 9.26 Å². The number of aryl methyl sites for hydroxylation is 1. The van der Waals surface area contributed by atoms with Crippen molar-refractivity contribution in [1.29, 1.82) is 0 Å². The van der Waals surface area contributed by atoms with E-state index in [-0.39, 0.29) is 17.5 Å². The number of sulfone groups is 1. The van der Waals surface area contributed by atoms with E-state index < -0.39 is 9.84 Å². The predicted octanol–water partition coefficient (Wildman–Crippen LogP) is 0.738. The highest BCUT2D eigenvalue weighted by molar-refractivity contribution is 14.1. The number of halogens is 1. The van der Waals surface area contributed by atoms with E-state index in [9.17, 15) is 8.42 Å². The van der Waals surface area contributed by atoms with Gasteiger partial charge in [-0.3, -0.25) is 0 Å². The zero-order valence-electron chi connectivity index (χ0n) is 8.27. The van der Waals surface area contributed by atoms with E-state index in [4.69, 9.17) is 5.73 Å². The number of anilines is 1. The number of nitrogens with zero attached hydrogens (tertiary/aromatic N) is 2. The smallest absolute Gasteiger partial charge is 0.152 e. The largest absolute Gasteiger partial charge is 0.383 e. The number of aromatic nitrogens is 2. The van der Waals surface area contributed by atoms with Gasteiger partial charge in [-0.1, -0.05) is 0 Å². The van der Waals surface area contributed by atoms with Gasteiger partial charge in [0.25, 0.3) is 0 Å². The molecule has 1 fully saturated rings. The summed E-state index contributed by atoms with van der Waals surface area (Å²) in [6.45, 7) is 1.87. The van der Waals surface area contributed by atoms with Gasteiger partial charge in [-0.25, -0.2) is 13.1 Å². The van der Waals surface area contributed by atoms with Gasteiger partial charge in [0.05, 0.1) is 26.8 Å². The van der Waals surface area contributed by atoms with Crippen LogP contribution in [0.3, 0.4) is 0 Å². The Morgan fingerprint density at radius 1 is 1.60 bits per heavy atom. The normalized spacial score (nSPS) is 24.5. The molecule has 1 saturated heterocycles. The first-order valence-corrected chi connectivity index (χ1v) is 7.51. The highest BCUT2D eigenvalue weighted by Gasteiger charge is 2.31. The third-order valence-corrected chi connectivity index (χ3v) is 5.68. The highest BCUT2D eigenvalue weighted by Crippen LogP contribution is 2.28. The number of rotatable bonds is 1. The Bertz CT molecular complexity index is 494. The van der Waals surface area contributed by atoms with Crippen LogP contribution >= 0.6 is 22.6 Å². The van der Waals surface area contributed by atoms with E-state index in [1.165, 1.54) is 0 Å². The SMILES string of the molecule is Cc1nn(C2CCS(=O)(=O)C2)c(N)c1I. The first-order valence-electron chi connectivity index (χ1n) is 4.61. The van der Waals surface area contributed by atoms with Gasteiger partial charge in [-0.2, -0.15) is 5.10 Å². The van der Waals surface area contributed by atoms with Gasteiger partial charge < -0.3 is 5.73 Å². The van der Waals surface area contributed by atoms with Crippen LogP contribution in [0.25, 0.3) is 0 Å². The van der Waals surface area contributed by atoms with Crippen LogP contribution in [0.1, 0.15) is 18.2 Å². The topological polar surface area (TPSA) is 78.0 Å². The molecule has 5 nitrogen and oxygen atoms in total. The monoisotopic (exact) mass is 341 g/mol. The fourth-order valence-electron chi connectivity index (χ4n) is 1.79. The lowest BCUT2D eigenvalue weighted by atomic mass is 10.3. The molecule has 0 saturated carbocycles. The fourth-order valence-corrected chi connectivity index (χ4v) is 3.84. The third kappa shape index (κ3) is 1.99. The first kappa shape index (κ1) is 11.2. The van der Waals surface area contributed by atoms with Crippen molar-refractivity contribution in [2.24, 2.45) is 0 Å². The number of hydrogen-bond acceptors (Lipinski definition) is 4. The second-order valence-electron chi connectivity index (χ2n) is 3.79. The van der Waals surface area contributed by atoms with E-state index in [2.05, 4.69) is 27.7 Å². The van der Waals surface area contributed by atoms with Crippen molar-refractivity contribution in [3.63, 3.8) is 0 Å². The molecule has 2 heterocycles. The molecule has 0 aromatic carbocycles. The van der Waals surface area contributed by atoms with Gasteiger partial charge in [0, 0.05) is 0 Å². The molecule has 2 rings (SSSR count). The molecule has 7 heteroatoms. The maximum absolute atomic E-state index is 11.3. The van der Waals surface area contributed by atoms with E-state index >= 15 is 0 Å². The minimum atomic E-state index is -2.88. The summed E-state index contributed by atoms with van der Waals surface area (Å²) < 4.78 is 25.2. The lowest BCUT2D eigenvalue weighted by Gasteiger charge is -2.09. The van der Waals surface area contributed by atoms with Crippen LogP contribution in [0.15, 0.2) is 0 Å². The van der Waals surface area contributed by atoms with Gasteiger partial charge in [0.15, 0.2) is 9.84 Å². The molecule has 2 N–H and O–H groups in total. The summed E-state index contributed by atoms with van der Waals surface area (Å²) in [5.74, 6) is 0.983. The Hall–Kier alpha value is -0.310. The van der Waals surface area contributed by atoms with Crippen LogP contribution in [0.2, 0.25) is 0 Å². The molecule has 1 atom stereocenters. The quantitative estimate of drug-likeness (QED) is 0.765. The standard InChI is InChI=1S/C8H12IN3O2S/c1-5-7(9)8(10)12(11-5)6-2-3-15(13,14)4-6/h6H,2-4,10H2,1H3. The van der Waals surface area contributed by atoms with E-state index in [0.29, 0.717) is 12.2 Å². The summed E-state index contributed by atoms with van der Waals surface area (Å²) in [6.07, 6.45) is 0.615. The summed E-state index contributed by atoms with van der Waals surface area (Å²) >= 11 is 2.13. The van der Waals surface area contributed by atoms with Crippen molar-refractivity contribution in [2.75, 3.05) is 17.2 Å². The van der Waals surface area contributed by atoms with Crippen molar-refractivity contribution >= 4 is 38.2 Å². The molecule has 1 aromatic heterocycles. The summed E-state index contributed by atoms with van der Waals surface area (Å²) in [5, 5.41) is 4.28. The Morgan fingerprint density at radius 3 is 2.67 bits per heavy atom. The molecule has 15 heavy (non-hydrogen) atoms. The molecule has 0 radical (unpaired) electrons. The molecule has 1 aliphatic heterocycles. The summed E-state index contributed by atoms with van der Waals surface area (Å²) in [5.41, 5.74) is 6.73. The molecule has 1 aliphatic rings. The van der Waals surface area contributed by atoms with Gasteiger partial charge in [0.1, 0.15) is 5.82 Å². The summed E-state index contributed by atoms with van der Waals surface area (Å²) in [6, 6.07) is -0.0859. The van der Waals surface area contributed by atoms with Crippen molar-refractivity contribution in [3.05, 3.63) is 9.26 Å². The van der Waals surface area contributed by atoms with Crippen molar-refractivity contribution in [1.82, 2.24) is 9.78 Å². The maximum Gasteiger partial charge on any atom is 0.152 e. The van der Waals surface area contributed by atoms with Crippen molar-refractivity contribution in [2.45, 2.75) is 19.4 Å². The number of nitrogens with two attached hydrogens (primary N) is 1. The average molecular weight is 341 g/mol. The lowest BCUT2D eigenvalue weighted by molar-refractivity contribution is 0.504. The first-order chi connectivity index (χ1) is 6.91. The second kappa shape index (κ2) is 3.62. The van der Waals surface area contributed by atoms with Crippen LogP contribution in [0.4, 0.5) is 5.82 Å². The van der Waals surface area contributed by atoms with Gasteiger partial charge in [0.2, 0.25) is 0 Å². The Labute approximate surface area is 102 Å². The fraction of sp³-hybridized carbons (Fsp3) is 0.625. The van der Waals surface area contributed by atoms with Gasteiger partial charge in [-0.05, 0) is 35.9 Å². The van der Waals surface area contributed by atoms with Crippen molar-refractivity contribution < 1.29 is 8.42 Å². The van der Waals surface area contributed by atoms with E-state index in [1.807, 2.05) is 6.92 Å². The molecule has 1 unspecified atom stereocenters. The lowest BCUT2D eigenvalue weighted by Crippen LogP contribution is -2.14. The molecular formula is C8H12IN3O2S. The number of hydrogen-bond donors (Lipinski definition) is 1. The Kier molecular flexibility index (Phi) is 2.70. The van der Waals surface area contributed by atoms with Crippen LogP contribution in [0, 0.1) is 10.5 Å². The maximum atomic E-state index is 11.3. The molecule has 0 amide bonds. The minimum Gasteiger partial charge on any atom is -0.383 e. The second-order valence-corrected chi connectivity index (χ2v) is 7.09. The Morgan fingerprint density at radius 2 is 2.27 bits per heavy atom. The van der Waals surface area contributed by atoms with Crippen LogP contribution in [0.5, 0.6) is 0 Å². The molecule has 0 spiro atoms. The number of nitrogen functional groups attached to an aromatic ring is 1. The van der Waals surface area contributed by atoms with Gasteiger partial charge in [-0.15, -0.1) is 0 Å². The van der Waals surface area contributed by atoms with E-state index in [1.54, 1.807) is 4.68 Å². The minimum absolute atomic E-state index is 0.0859.